The number of rotatable bonds is 27. The van der Waals surface area contributed by atoms with Gasteiger partial charge in [0.25, 0.3) is 0 Å². The molecule has 26 nitrogen and oxygen atoms in total. The summed E-state index contributed by atoms with van der Waals surface area (Å²) < 4.78 is 12.7. The molecule has 0 bridgehead atoms. The van der Waals surface area contributed by atoms with Crippen LogP contribution in [0.25, 0.3) is 0 Å². The summed E-state index contributed by atoms with van der Waals surface area (Å²) in [7, 11) is 0. The first-order valence-corrected chi connectivity index (χ1v) is 25.6. The van der Waals surface area contributed by atoms with E-state index in [-0.39, 0.29) is 116 Å². The summed E-state index contributed by atoms with van der Waals surface area (Å²) in [6, 6.07) is 1.21. The van der Waals surface area contributed by atoms with Crippen molar-refractivity contribution in [1.82, 2.24) is 26.6 Å². The van der Waals surface area contributed by atoms with E-state index >= 15 is 0 Å². The van der Waals surface area contributed by atoms with Crippen molar-refractivity contribution in [2.45, 2.75) is 159 Å². The first-order valence-electron chi connectivity index (χ1n) is 25.6. The minimum absolute atomic E-state index is 0.0336. The monoisotopic (exact) mass is 1080 g/mol. The molecule has 0 aromatic heterocycles. The van der Waals surface area contributed by atoms with Crippen LogP contribution in [0.15, 0.2) is 28.2 Å². The number of benzene rings is 2. The van der Waals surface area contributed by atoms with Crippen molar-refractivity contribution in [1.29, 1.82) is 0 Å². The van der Waals surface area contributed by atoms with Crippen molar-refractivity contribution in [3.8, 4) is 11.5 Å². The highest BCUT2D eigenvalue weighted by Gasteiger charge is 2.50. The van der Waals surface area contributed by atoms with Gasteiger partial charge in [-0.25, -0.2) is 0 Å². The Balaban J connectivity index is 1.37. The van der Waals surface area contributed by atoms with E-state index in [0.717, 1.165) is 0 Å². The number of amides is 2. The Labute approximate surface area is 445 Å². The first-order chi connectivity index (χ1) is 36.2. The number of phenols is 2. The number of aliphatic hydroxyl groups excluding tert-OH is 4. The van der Waals surface area contributed by atoms with E-state index in [0.29, 0.717) is 0 Å². The second-order valence-corrected chi connectivity index (χ2v) is 20.9. The Hall–Kier alpha value is -6.20. The maximum atomic E-state index is 14.5. The number of guanidine groups is 2. The summed E-state index contributed by atoms with van der Waals surface area (Å²) in [6.45, 7) is 7.42. The predicted octanol–water partition coefficient (Wildman–Crippen LogP) is -2.57. The van der Waals surface area contributed by atoms with Crippen LogP contribution in [0.5, 0.6) is 11.5 Å². The number of fused-ring (bicyclic) bond motifs is 3. The summed E-state index contributed by atoms with van der Waals surface area (Å²) >= 11 is 0. The number of nitrogens with one attached hydrogen (secondary N) is 5. The zero-order valence-corrected chi connectivity index (χ0v) is 44.1. The zero-order chi connectivity index (χ0) is 57.1. The average molecular weight is 1080 g/mol. The molecule has 10 unspecified atom stereocenters. The van der Waals surface area contributed by atoms with Gasteiger partial charge in [-0.1, -0.05) is 25.1 Å². The Bertz CT molecular complexity index is 2550. The topological polar surface area (TPSA) is 451 Å². The number of aliphatic hydroxyl groups is 5. The summed E-state index contributed by atoms with van der Waals surface area (Å²) in [5.74, 6) is -6.57. The van der Waals surface area contributed by atoms with Gasteiger partial charge in [-0.15, -0.1) is 0 Å². The third kappa shape index (κ3) is 16.0. The smallest absolute Gasteiger partial charge is 0.237 e. The molecule has 20 N–H and O–H groups in total. The predicted molar refractivity (Wildman–Crippen MR) is 279 cm³/mol. The number of Topliss-reactive ketones (excluding diaryl/α,β-unsaturated/α-hetero) is 2. The SMILES string of the molecule is CC1OC(OC2CC(O)(C(=O)CO)Cc3c(O)c4c(c(O)c32)C(=O)c2c(CO)cccc2C4=O)CC(NC(=O)C(CCCN=C(N)N)NC(O)C(CCCN=C(N)N)NC(=O)CNC(O)CCC(=O)CNC(C)(C)C)C1C. The van der Waals surface area contributed by atoms with Crippen molar-refractivity contribution in [2.75, 3.05) is 32.8 Å². The highest BCUT2D eigenvalue weighted by Crippen LogP contribution is 2.52. The van der Waals surface area contributed by atoms with Crippen molar-refractivity contribution < 1.29 is 74.0 Å². The third-order valence-electron chi connectivity index (χ3n) is 14.0. The van der Waals surface area contributed by atoms with Crippen LogP contribution in [0, 0.1) is 5.92 Å². The summed E-state index contributed by atoms with van der Waals surface area (Å²) in [4.78, 5) is 89.4. The van der Waals surface area contributed by atoms with Gasteiger partial charge < -0.3 is 84.1 Å². The minimum Gasteiger partial charge on any atom is -0.507 e. The van der Waals surface area contributed by atoms with E-state index in [2.05, 4.69) is 36.6 Å². The van der Waals surface area contributed by atoms with Gasteiger partial charge in [0.2, 0.25) is 11.8 Å². The van der Waals surface area contributed by atoms with E-state index in [9.17, 15) is 64.5 Å². The molecule has 2 aliphatic carbocycles. The number of phenolic OH excluding ortho intramolecular Hbond substituents is 2. The molecular weight excluding hydrogens is 1010 g/mol. The number of aromatic hydroxyl groups is 2. The molecule has 0 spiro atoms. The van der Waals surface area contributed by atoms with E-state index in [1.807, 2.05) is 20.8 Å². The van der Waals surface area contributed by atoms with Crippen molar-refractivity contribution in [3.05, 3.63) is 57.1 Å². The number of aliphatic imine (C=N–C) groups is 2. The number of ketones is 4. The Morgan fingerprint density at radius 3 is 2.17 bits per heavy atom. The van der Waals surface area contributed by atoms with Gasteiger partial charge in [0.15, 0.2) is 35.6 Å². The van der Waals surface area contributed by atoms with Crippen LogP contribution in [-0.2, 0) is 41.7 Å². The van der Waals surface area contributed by atoms with Crippen LogP contribution < -0.4 is 49.5 Å². The number of nitrogens with two attached hydrogens (primary N) is 4. The molecule has 2 aromatic rings. The quantitative estimate of drug-likeness (QED) is 0.0123. The number of hydrogen-bond donors (Lipinski definition) is 16. The molecule has 1 aliphatic heterocycles. The highest BCUT2D eigenvalue weighted by molar-refractivity contribution is 6.31. The second-order valence-electron chi connectivity index (χ2n) is 20.9. The number of carbonyl (C=O) groups is 6. The lowest BCUT2D eigenvalue weighted by Gasteiger charge is -2.43. The van der Waals surface area contributed by atoms with Gasteiger partial charge in [0, 0.05) is 78.5 Å². The molecular formula is C51H77N11O15. The van der Waals surface area contributed by atoms with Crippen LogP contribution >= 0.6 is 0 Å². The molecule has 2 aromatic carbocycles. The van der Waals surface area contributed by atoms with Crippen molar-refractivity contribution in [3.63, 3.8) is 0 Å². The molecule has 0 radical (unpaired) electrons. The van der Waals surface area contributed by atoms with Gasteiger partial charge in [-0.05, 0) is 65.4 Å². The maximum absolute atomic E-state index is 14.5. The van der Waals surface area contributed by atoms with Gasteiger partial charge >= 0.3 is 0 Å². The average Bonchev–Trinajstić information content (AvgIpc) is 3.37. The molecule has 26 heteroatoms. The fourth-order valence-corrected chi connectivity index (χ4v) is 9.64. The van der Waals surface area contributed by atoms with E-state index in [1.165, 1.54) is 18.2 Å². The molecule has 1 saturated heterocycles. The van der Waals surface area contributed by atoms with Crippen LogP contribution in [0.1, 0.15) is 141 Å². The molecule has 3 aliphatic rings. The largest absolute Gasteiger partial charge is 0.507 e. The lowest BCUT2D eigenvalue weighted by Crippen LogP contribution is -2.59. The lowest BCUT2D eigenvalue weighted by atomic mass is 9.71. The van der Waals surface area contributed by atoms with Crippen LogP contribution in [0.2, 0.25) is 0 Å². The molecule has 5 rings (SSSR count). The number of hydrogen-bond acceptors (Lipinski definition) is 20. The molecule has 77 heavy (non-hydrogen) atoms. The fourth-order valence-electron chi connectivity index (χ4n) is 9.64. The Kier molecular flexibility index (Phi) is 21.5. The fraction of sp³-hybridized carbons (Fsp3) is 0.608. The van der Waals surface area contributed by atoms with Gasteiger partial charge in [0.05, 0.1) is 55.1 Å². The van der Waals surface area contributed by atoms with E-state index < -0.39 is 145 Å². The number of ether oxygens (including phenoxy) is 2. The Morgan fingerprint density at radius 2 is 1.55 bits per heavy atom. The second kappa shape index (κ2) is 26.9. The van der Waals surface area contributed by atoms with Gasteiger partial charge in [-0.3, -0.25) is 49.4 Å². The minimum atomic E-state index is -2.42. The first kappa shape index (κ1) is 61.7. The van der Waals surface area contributed by atoms with Crippen LogP contribution in [-0.4, -0.2) is 170 Å². The lowest BCUT2D eigenvalue weighted by molar-refractivity contribution is -0.238. The van der Waals surface area contributed by atoms with Crippen molar-refractivity contribution >= 4 is 46.9 Å². The van der Waals surface area contributed by atoms with Crippen molar-refractivity contribution in [2.24, 2.45) is 38.8 Å². The highest BCUT2D eigenvalue weighted by atomic mass is 16.7. The third-order valence-corrected chi connectivity index (χ3v) is 14.0. The van der Waals surface area contributed by atoms with E-state index in [4.69, 9.17) is 32.4 Å². The molecule has 10 atom stereocenters. The maximum Gasteiger partial charge on any atom is 0.237 e. The molecule has 1 fully saturated rings. The normalized spacial score (nSPS) is 22.5. The Morgan fingerprint density at radius 1 is 0.896 bits per heavy atom. The van der Waals surface area contributed by atoms with Gasteiger partial charge in [0.1, 0.15) is 41.9 Å². The molecule has 1 heterocycles. The van der Waals surface area contributed by atoms with Crippen LogP contribution in [0.3, 0.4) is 0 Å². The zero-order valence-electron chi connectivity index (χ0n) is 44.1. The van der Waals surface area contributed by atoms with Crippen LogP contribution in [0.4, 0.5) is 0 Å². The van der Waals surface area contributed by atoms with E-state index in [1.54, 1.807) is 13.8 Å². The van der Waals surface area contributed by atoms with Gasteiger partial charge in [-0.2, -0.15) is 0 Å². The summed E-state index contributed by atoms with van der Waals surface area (Å²) in [6.07, 6.45) is -6.97. The number of carbonyl (C=O) groups excluding carboxylic acids is 6. The summed E-state index contributed by atoms with van der Waals surface area (Å²) in [5.41, 5.74) is 17.5. The number of nitrogens with zero attached hydrogens (tertiary/aromatic N) is 2. The standard InChI is InChI=1S/C51H77N11O15/c1-24-25(2)76-37(77-33-19-51(75,34(66)23-64)18-29-39(33)45(72)41-40(43(29)70)42(69)28-10-6-9-26(22-63)38(28)44(41)71)17-32(24)62-47(74)31(12-8-16-57-49(54)55)61-46(73)30(11-7-15-56-48(52)53)60-36(68)21-58-35(67)14-13-27(65)20-59-50(3,4)5/h6,9-10,24-25,30-33,35,37,46,58-59,61,63-64,67,70,72-73,75H,7-8,11-23H2,1-5H3,(H,60,68)(H,62,74)(H4,52,53,56)(H4,54,55,57). The molecule has 2 amide bonds. The summed E-state index contributed by atoms with van der Waals surface area (Å²) in [5, 5.41) is 92.2. The molecule has 0 saturated carbocycles. The molecule has 426 valence electrons.